The molecule has 2 aliphatic rings. The first-order valence-electron chi connectivity index (χ1n) is 14.1. The third kappa shape index (κ3) is 9.49. The Morgan fingerprint density at radius 2 is 1.51 bits per heavy atom. The largest absolute Gasteiger partial charge is 0.493 e. The topological polar surface area (TPSA) is 115 Å². The third-order valence-corrected chi connectivity index (χ3v) is 6.98. The van der Waals surface area contributed by atoms with E-state index in [0.29, 0.717) is 13.2 Å². The predicted molar refractivity (Wildman–Crippen MR) is 158 cm³/mol. The summed E-state index contributed by atoms with van der Waals surface area (Å²) in [6.07, 6.45) is 2.99. The minimum atomic E-state index is -0.833. The number of ether oxygens (including phenoxy) is 2. The molecule has 1 N–H and O–H groups in total. The summed E-state index contributed by atoms with van der Waals surface area (Å²) in [5, 5.41) is 11.9. The molecule has 9 nitrogen and oxygen atoms in total. The van der Waals surface area contributed by atoms with Crippen molar-refractivity contribution in [2.75, 3.05) is 26.3 Å². The van der Waals surface area contributed by atoms with E-state index in [1.165, 1.54) is 12.1 Å². The van der Waals surface area contributed by atoms with Crippen molar-refractivity contribution < 1.29 is 38.2 Å². The van der Waals surface area contributed by atoms with Crippen LogP contribution in [0.5, 0.6) is 11.5 Å². The first-order valence-corrected chi connectivity index (χ1v) is 14.1. The van der Waals surface area contributed by atoms with E-state index in [4.69, 9.17) is 33.8 Å². The smallest absolute Gasteiger partial charge is 0.373 e. The summed E-state index contributed by atoms with van der Waals surface area (Å²) in [4.78, 5) is 33.7. The maximum absolute atomic E-state index is 13.6. The number of carboxylic acids is 1. The molecule has 2 aliphatic heterocycles. The van der Waals surface area contributed by atoms with Gasteiger partial charge in [-0.1, -0.05) is 47.6 Å². The molecule has 0 aromatic heterocycles. The number of likely N-dealkylation sites (tertiary alicyclic amines) is 1. The number of piperidine rings is 1. The molecule has 1 spiro atoms. The molecule has 3 aromatic rings. The van der Waals surface area contributed by atoms with Gasteiger partial charge in [-0.2, -0.15) is 9.59 Å². The number of rotatable bonds is 8. The van der Waals surface area contributed by atoms with Crippen LogP contribution in [0.3, 0.4) is 0 Å². The number of carbonyl (C=O) groups is 1. The van der Waals surface area contributed by atoms with Crippen molar-refractivity contribution in [3.8, 4) is 22.6 Å². The van der Waals surface area contributed by atoms with Gasteiger partial charge in [0.25, 0.3) is 5.97 Å². The van der Waals surface area contributed by atoms with E-state index in [-0.39, 0.29) is 17.6 Å². The fourth-order valence-electron chi connectivity index (χ4n) is 5.13. The van der Waals surface area contributed by atoms with Crippen LogP contribution in [0.15, 0.2) is 71.9 Å². The zero-order valence-electron chi connectivity index (χ0n) is 24.7. The number of halogens is 1. The molecule has 3 aromatic carbocycles. The van der Waals surface area contributed by atoms with E-state index in [0.717, 1.165) is 85.3 Å². The van der Waals surface area contributed by atoms with E-state index in [1.807, 2.05) is 32.0 Å². The average Bonchev–Trinajstić information content (AvgIpc) is 3.40. The average molecular weight is 593 g/mol. The number of aliphatic carboxylic acids is 1. The first-order chi connectivity index (χ1) is 20.7. The van der Waals surface area contributed by atoms with E-state index in [2.05, 4.69) is 34.3 Å². The second-order valence-electron chi connectivity index (χ2n) is 10.1. The summed E-state index contributed by atoms with van der Waals surface area (Å²) in [5.74, 6) is 0.429. The fraction of sp³-hybridized carbons (Fsp3) is 0.364. The summed E-state index contributed by atoms with van der Waals surface area (Å²) in [7, 11) is 0. The Hall–Kier alpha value is -4.53. The lowest BCUT2D eigenvalue weighted by Gasteiger charge is -2.37. The van der Waals surface area contributed by atoms with Gasteiger partial charge in [0.2, 0.25) is 0 Å². The van der Waals surface area contributed by atoms with Crippen LogP contribution >= 0.6 is 0 Å². The number of oxime groups is 1. The van der Waals surface area contributed by atoms with Gasteiger partial charge in [0.05, 0.1) is 24.5 Å². The van der Waals surface area contributed by atoms with Crippen molar-refractivity contribution in [1.29, 1.82) is 0 Å². The molecular weight excluding hydrogens is 555 g/mol. The number of nitrogens with zero attached hydrogens (tertiary/aromatic N) is 2. The SMILES string of the molecule is CC(=O)O.CCOc1cc(CN2CCC3(CC2)CC(c2ccccc2)=NO3)cc(OCC)c1-c1ccc(F)cc1.O=C=O. The molecule has 0 aliphatic carbocycles. The van der Waals surface area contributed by atoms with E-state index in [1.54, 1.807) is 12.1 Å². The van der Waals surface area contributed by atoms with Crippen LogP contribution in [-0.4, -0.2) is 59.7 Å². The van der Waals surface area contributed by atoms with Crippen LogP contribution in [0.1, 0.15) is 51.2 Å². The van der Waals surface area contributed by atoms with Crippen LogP contribution in [-0.2, 0) is 25.8 Å². The third-order valence-electron chi connectivity index (χ3n) is 6.98. The van der Waals surface area contributed by atoms with Gasteiger partial charge >= 0.3 is 6.15 Å². The van der Waals surface area contributed by atoms with Gasteiger partial charge in [-0.3, -0.25) is 9.69 Å². The molecule has 0 amide bonds. The summed E-state index contributed by atoms with van der Waals surface area (Å²) < 4.78 is 25.6. The summed E-state index contributed by atoms with van der Waals surface area (Å²) >= 11 is 0. The summed E-state index contributed by atoms with van der Waals surface area (Å²) in [6, 6.07) is 21.0. The molecule has 1 saturated heterocycles. The number of benzene rings is 3. The molecule has 0 unspecified atom stereocenters. The van der Waals surface area contributed by atoms with Gasteiger partial charge < -0.3 is 19.4 Å². The Labute approximate surface area is 250 Å². The standard InChI is InChI=1S/C30H33FN2O3.C2H4O2.CO2/c1-3-34-27-18-22(19-28(35-4-2)29(27)24-10-12-25(31)13-11-24)21-33-16-14-30(15-17-33)20-26(32-36-30)23-8-6-5-7-9-23;1-2(3)4;2-1-3/h5-13,18-19H,3-4,14-17,20-21H2,1-2H3;1H3,(H,3,4);. The van der Waals surface area contributed by atoms with E-state index in [9.17, 15) is 4.39 Å². The van der Waals surface area contributed by atoms with Crippen molar-refractivity contribution in [2.24, 2.45) is 5.16 Å². The van der Waals surface area contributed by atoms with Gasteiger partial charge in [-0.05, 0) is 54.8 Å². The van der Waals surface area contributed by atoms with Crippen LogP contribution in [0.25, 0.3) is 11.1 Å². The molecule has 5 rings (SSSR count). The van der Waals surface area contributed by atoms with Gasteiger partial charge in [-0.15, -0.1) is 0 Å². The molecule has 0 atom stereocenters. The fourth-order valence-corrected chi connectivity index (χ4v) is 5.13. The van der Waals surface area contributed by atoms with Crippen LogP contribution in [0.4, 0.5) is 4.39 Å². The molecule has 1 fully saturated rings. The Balaban J connectivity index is 0.000000657. The number of hydrogen-bond acceptors (Lipinski definition) is 8. The molecule has 0 saturated carbocycles. The minimum Gasteiger partial charge on any atom is -0.493 e. The van der Waals surface area contributed by atoms with E-state index >= 15 is 0 Å². The number of hydrogen-bond donors (Lipinski definition) is 1. The Morgan fingerprint density at radius 3 is 2.02 bits per heavy atom. The highest BCUT2D eigenvalue weighted by Gasteiger charge is 2.42. The number of carboxylic acid groups (broad SMARTS) is 1. The predicted octanol–water partition coefficient (Wildman–Crippen LogP) is 5.96. The van der Waals surface area contributed by atoms with Gasteiger partial charge in [-0.25, -0.2) is 4.39 Å². The maximum atomic E-state index is 13.6. The van der Waals surface area contributed by atoms with Gasteiger partial charge in [0, 0.05) is 45.8 Å². The highest BCUT2D eigenvalue weighted by atomic mass is 19.1. The van der Waals surface area contributed by atoms with Crippen LogP contribution in [0, 0.1) is 5.82 Å². The van der Waals surface area contributed by atoms with Crippen molar-refractivity contribution in [3.05, 3.63) is 83.7 Å². The molecule has 2 heterocycles. The van der Waals surface area contributed by atoms with Crippen LogP contribution in [0.2, 0.25) is 0 Å². The van der Waals surface area contributed by atoms with Gasteiger partial charge in [0.1, 0.15) is 22.9 Å². The van der Waals surface area contributed by atoms with Crippen molar-refractivity contribution in [1.82, 2.24) is 4.90 Å². The second kappa shape index (κ2) is 16.2. The number of carbonyl (C=O) groups excluding carboxylic acids is 2. The molecule has 43 heavy (non-hydrogen) atoms. The van der Waals surface area contributed by atoms with Crippen molar-refractivity contribution in [2.45, 2.75) is 52.2 Å². The molecular formula is C33H37FN2O7. The molecule has 228 valence electrons. The second-order valence-corrected chi connectivity index (χ2v) is 10.1. The normalized spacial score (nSPS) is 15.0. The Morgan fingerprint density at radius 1 is 0.977 bits per heavy atom. The lowest BCUT2D eigenvalue weighted by atomic mass is 9.85. The van der Waals surface area contributed by atoms with Crippen LogP contribution < -0.4 is 9.47 Å². The van der Waals surface area contributed by atoms with Crippen molar-refractivity contribution in [3.63, 3.8) is 0 Å². The zero-order chi connectivity index (χ0) is 31.2. The van der Waals surface area contributed by atoms with Gasteiger partial charge in [0.15, 0.2) is 0 Å². The maximum Gasteiger partial charge on any atom is 0.373 e. The minimum absolute atomic E-state index is 0.193. The lowest BCUT2D eigenvalue weighted by molar-refractivity contribution is -0.191. The molecule has 0 radical (unpaired) electrons. The Kier molecular flexibility index (Phi) is 12.4. The molecule has 10 heteroatoms. The first kappa shape index (κ1) is 33.0. The zero-order valence-corrected chi connectivity index (χ0v) is 24.7. The summed E-state index contributed by atoms with van der Waals surface area (Å²) in [5.41, 5.74) is 4.87. The van der Waals surface area contributed by atoms with Crippen molar-refractivity contribution >= 4 is 17.8 Å². The quantitative estimate of drug-likeness (QED) is 0.341. The highest BCUT2D eigenvalue weighted by molar-refractivity contribution is 6.01. The Bertz CT molecular complexity index is 1370. The lowest BCUT2D eigenvalue weighted by Crippen LogP contribution is -2.44. The monoisotopic (exact) mass is 592 g/mol. The highest BCUT2D eigenvalue weighted by Crippen LogP contribution is 2.41. The van der Waals surface area contributed by atoms with E-state index < -0.39 is 5.97 Å². The molecule has 0 bridgehead atoms. The summed E-state index contributed by atoms with van der Waals surface area (Å²) in [6.45, 7) is 8.77.